The number of likely N-dealkylation sites (tertiary alicyclic amines) is 3. The highest BCUT2D eigenvalue weighted by molar-refractivity contribution is 7.92. The third kappa shape index (κ3) is 28.3. The van der Waals surface area contributed by atoms with Gasteiger partial charge in [-0.2, -0.15) is 17.6 Å². The zero-order chi connectivity index (χ0) is 92.5. The average molecular weight is 1840 g/mol. The van der Waals surface area contributed by atoms with Crippen molar-refractivity contribution in [3.63, 3.8) is 0 Å². The molecule has 3 amide bonds. The van der Waals surface area contributed by atoms with Gasteiger partial charge in [0.05, 0.1) is 66.4 Å². The highest BCUT2D eigenvalue weighted by Gasteiger charge is 2.36. The van der Waals surface area contributed by atoms with Gasteiger partial charge in [-0.1, -0.05) is 37.1 Å². The number of allylic oxidation sites excluding steroid dienone is 1. The number of anilines is 3. The van der Waals surface area contributed by atoms with Crippen molar-refractivity contribution in [2.45, 2.75) is 92.5 Å². The summed E-state index contributed by atoms with van der Waals surface area (Å²) in [6.45, 7) is 14.6. The Hall–Kier alpha value is -10.4. The molecule has 0 unspecified atom stereocenters. The Bertz CT molecular complexity index is 5480. The molecule has 0 bridgehead atoms. The molecule has 0 spiro atoms. The van der Waals surface area contributed by atoms with Crippen LogP contribution in [0.1, 0.15) is 93.1 Å². The number of hydrogen-bond donors (Lipinski definition) is 6. The number of nitrogens with two attached hydrogens (primary N) is 3. The number of benzene rings is 5. The molecule has 126 heavy (non-hydrogen) atoms. The Morgan fingerprint density at radius 2 is 1.10 bits per heavy atom. The number of halogens is 5. The zero-order valence-electron chi connectivity index (χ0n) is 71.4. The Kier molecular flexibility index (Phi) is 34.2. The molecule has 0 saturated carbocycles. The molecule has 43 heteroatoms. The fourth-order valence-corrected chi connectivity index (χ4v) is 17.8. The van der Waals surface area contributed by atoms with Crippen LogP contribution in [0.25, 0.3) is 16.6 Å². The number of pyridine rings is 1. The normalized spacial score (nSPS) is 16.5. The molecule has 4 saturated heterocycles. The molecule has 9 N–H and O–H groups in total. The lowest BCUT2D eigenvalue weighted by Crippen LogP contribution is -2.47. The van der Waals surface area contributed by atoms with Gasteiger partial charge in [0.1, 0.15) is 34.3 Å². The number of sulfonamides is 2. The molecule has 0 radical (unpaired) electrons. The minimum Gasteiger partial charge on any atom is -0.455 e. The Labute approximate surface area is 734 Å². The predicted molar refractivity (Wildman–Crippen MR) is 470 cm³/mol. The third-order valence-electron chi connectivity index (χ3n) is 22.4. The number of H-pyrrole nitrogens is 1. The van der Waals surface area contributed by atoms with Gasteiger partial charge in [0.2, 0.25) is 43.6 Å². The van der Waals surface area contributed by atoms with E-state index < -0.39 is 90.0 Å². The van der Waals surface area contributed by atoms with Crippen molar-refractivity contribution in [3.05, 3.63) is 179 Å². The van der Waals surface area contributed by atoms with Gasteiger partial charge in [-0.15, -0.1) is 0 Å². The molecular formula is C83H109ClF4N18O17S3. The molecule has 12 rings (SSSR count). The predicted octanol–water partition coefficient (Wildman–Crippen LogP) is 10.2. The summed E-state index contributed by atoms with van der Waals surface area (Å²) in [5, 5.41) is 50.5. The van der Waals surface area contributed by atoms with Crippen molar-refractivity contribution in [2.75, 3.05) is 175 Å². The topological polar surface area (TPSA) is 466 Å². The molecule has 5 aliphatic rings. The standard InChI is InChI=1S/C51H58ClF3N8O7S.C16H25N5O5S.C10H21N3O.C6H5FN2O4S/c1-50(2)15-11-35(42(27-50)40-8-5-36(24-43(40)52)51(53,54)55)30-60-19-21-61(22-20-60)37-6-9-41(47(25-37)70-38-23-34-12-16-56-49(34)58-29-38)46(64)32-71(68,69)39-7-10-44(45(26-39)63(66)67)57-28-33-13-17-62(18-14-33)48(65)31-59(3)4;1-19(2)11-16(22)20-7-5-12(6-8-20)10-18-14-4-3-13(27(17,25)26)9-15(14)21(23)24;1-12(2)8-10(14)13-5-3-9(7-11)4-6-13;7-5-2-1-4(14(8,12)13)3-6(5)9(10)11/h5-10,12,16,23-26,29,33,57H,11,13-15,17-22,27-28,30-32H2,1-4H3,(H,56,58);3-4,9,12,18H,5-8,10-11H2,1-2H3,(H2,17,25,26);9H,3-8,11H2,1-2H3;1-3H,(H2,8,12,13). The summed E-state index contributed by atoms with van der Waals surface area (Å²) in [6.07, 6.45) is 6.28. The number of nitro benzene ring substituents is 3. The van der Waals surface area contributed by atoms with Gasteiger partial charge in [-0.3, -0.25) is 54.4 Å². The fraction of sp³-hybridized carbons (Fsp3) is 0.482. The second-order valence-corrected chi connectivity index (χ2v) is 39.0. The quantitative estimate of drug-likeness (QED) is 0.0115. The third-order valence-corrected chi connectivity index (χ3v) is 26.1. The fourth-order valence-electron chi connectivity index (χ4n) is 15.2. The van der Waals surface area contributed by atoms with Crippen LogP contribution in [-0.2, 0) is 50.4 Å². The molecule has 4 fully saturated rings. The SMILES string of the molecule is CN(C)CC(=O)N1CCC(CN)CC1.CN(C)CC(=O)N1CCC(CNc2ccc(S(=O)(=O)CC(=O)c3ccc(N4CCN(CC5=C(c6ccc(C(F)(F)F)cc6Cl)CC(C)(C)CC5)CC4)cc3Oc3cnc4[nH]ccc4c3)cc2[N+](=O)[O-])CC1.CN(C)CC(=O)N1CCC(CNc2ccc(S(N)(=O)=O)cc2[N+](=O)[O-])CC1.NS(=O)(=O)c1ccc(F)c([N+](=O)[O-])c1. The zero-order valence-corrected chi connectivity index (χ0v) is 74.7. The molecule has 0 atom stereocenters. The molecular weight excluding hydrogens is 1730 g/mol. The summed E-state index contributed by atoms with van der Waals surface area (Å²) in [6, 6.07) is 21.4. The maximum absolute atomic E-state index is 14.1. The lowest BCUT2D eigenvalue weighted by Gasteiger charge is -2.39. The van der Waals surface area contributed by atoms with Crippen LogP contribution < -0.4 is 36.3 Å². The first-order valence-electron chi connectivity index (χ1n) is 40.7. The minimum atomic E-state index is -4.50. The van der Waals surface area contributed by atoms with E-state index in [0.29, 0.717) is 146 Å². The number of piperazine rings is 1. The van der Waals surface area contributed by atoms with Gasteiger partial charge in [0, 0.05) is 132 Å². The minimum absolute atomic E-state index is 0.00556. The van der Waals surface area contributed by atoms with Crippen LogP contribution in [0.4, 0.5) is 51.7 Å². The molecule has 5 aromatic carbocycles. The maximum Gasteiger partial charge on any atom is 0.416 e. The number of ketones is 1. The van der Waals surface area contributed by atoms with Crippen molar-refractivity contribution in [1.82, 2.24) is 44.3 Å². The number of likely N-dealkylation sites (N-methyl/N-ethyl adjacent to an activating group) is 3. The first kappa shape index (κ1) is 99.4. The van der Waals surface area contributed by atoms with E-state index in [2.05, 4.69) is 44.2 Å². The van der Waals surface area contributed by atoms with E-state index in [1.807, 2.05) is 77.8 Å². The van der Waals surface area contributed by atoms with E-state index in [0.717, 1.165) is 111 Å². The number of nitrogens with one attached hydrogen (secondary N) is 3. The lowest BCUT2D eigenvalue weighted by atomic mass is 9.72. The maximum atomic E-state index is 14.1. The van der Waals surface area contributed by atoms with Gasteiger partial charge >= 0.3 is 11.9 Å². The van der Waals surface area contributed by atoms with E-state index in [1.54, 1.807) is 24.4 Å². The van der Waals surface area contributed by atoms with Crippen LogP contribution in [0.2, 0.25) is 5.02 Å². The number of carbonyl (C=O) groups is 4. The number of amides is 3. The van der Waals surface area contributed by atoms with Gasteiger partial charge < -0.3 is 60.4 Å². The van der Waals surface area contributed by atoms with Crippen molar-refractivity contribution in [3.8, 4) is 11.5 Å². The highest BCUT2D eigenvalue weighted by atomic mass is 35.5. The Balaban J connectivity index is 0.000000261. The second-order valence-electron chi connectivity index (χ2n) is 33.4. The van der Waals surface area contributed by atoms with Gasteiger partial charge in [0.25, 0.3) is 11.4 Å². The number of carbonyl (C=O) groups excluding carboxylic acids is 4. The van der Waals surface area contributed by atoms with E-state index in [9.17, 15) is 92.3 Å². The number of primary sulfonamides is 2. The molecule has 686 valence electrons. The van der Waals surface area contributed by atoms with E-state index in [1.165, 1.54) is 42.6 Å². The van der Waals surface area contributed by atoms with Crippen LogP contribution in [0.15, 0.2) is 136 Å². The van der Waals surface area contributed by atoms with E-state index in [4.69, 9.17) is 32.3 Å². The number of nitrogens with zero attached hydrogens (tertiary/aromatic N) is 12. The molecule has 2 aromatic heterocycles. The number of piperidine rings is 3. The number of nitro groups is 3. The van der Waals surface area contributed by atoms with Crippen molar-refractivity contribution in [2.24, 2.45) is 39.2 Å². The Morgan fingerprint density at radius 3 is 1.56 bits per heavy atom. The molecule has 6 heterocycles. The van der Waals surface area contributed by atoms with Crippen LogP contribution in [0, 0.1) is 59.3 Å². The smallest absolute Gasteiger partial charge is 0.416 e. The molecule has 7 aromatic rings. The van der Waals surface area contributed by atoms with Crippen LogP contribution >= 0.6 is 11.6 Å². The number of aromatic nitrogens is 2. The van der Waals surface area contributed by atoms with Crippen molar-refractivity contribution < 1.29 is 81.5 Å². The average Bonchev–Trinajstić information content (AvgIpc) is 0.874. The number of rotatable bonds is 28. The number of fused-ring (bicyclic) bond motifs is 1. The Morgan fingerprint density at radius 1 is 0.619 bits per heavy atom. The first-order chi connectivity index (χ1) is 59.1. The van der Waals surface area contributed by atoms with Crippen LogP contribution in [-0.4, -0.2) is 267 Å². The number of sulfone groups is 1. The van der Waals surface area contributed by atoms with Crippen LogP contribution in [0.5, 0.6) is 11.5 Å². The first-order valence-corrected chi connectivity index (χ1v) is 45.9. The van der Waals surface area contributed by atoms with Crippen molar-refractivity contribution in [1.29, 1.82) is 0 Å². The monoisotopic (exact) mass is 1840 g/mol. The summed E-state index contributed by atoms with van der Waals surface area (Å²) in [5.41, 5.74) is 7.57. The van der Waals surface area contributed by atoms with Gasteiger partial charge in [-0.25, -0.2) is 40.5 Å². The number of ether oxygens (including phenoxy) is 1. The van der Waals surface area contributed by atoms with Gasteiger partial charge in [-0.05, 0) is 214 Å². The number of hydrogen-bond acceptors (Lipinski definition) is 26. The molecule has 1 aliphatic carbocycles. The second kappa shape index (κ2) is 43.4. The highest BCUT2D eigenvalue weighted by Crippen LogP contribution is 2.46. The number of alkyl halides is 3. The number of aromatic amines is 1. The summed E-state index contributed by atoms with van der Waals surface area (Å²) in [7, 11) is -1.25. The molecule has 35 nitrogen and oxygen atoms in total. The summed E-state index contributed by atoms with van der Waals surface area (Å²) < 4.78 is 132. The summed E-state index contributed by atoms with van der Waals surface area (Å²) in [4.78, 5) is 104. The van der Waals surface area contributed by atoms with E-state index in [-0.39, 0.29) is 78.2 Å². The van der Waals surface area contributed by atoms with E-state index >= 15 is 0 Å². The van der Waals surface area contributed by atoms with Gasteiger partial charge in [0.15, 0.2) is 15.6 Å². The van der Waals surface area contributed by atoms with Crippen molar-refractivity contribution >= 4 is 116 Å². The summed E-state index contributed by atoms with van der Waals surface area (Å²) >= 11 is 6.55. The summed E-state index contributed by atoms with van der Waals surface area (Å²) in [5.74, 6) is -1.04. The lowest BCUT2D eigenvalue weighted by molar-refractivity contribution is -0.387. The van der Waals surface area contributed by atoms with Crippen LogP contribution in [0.3, 0.4) is 0 Å². The largest absolute Gasteiger partial charge is 0.455 e. The number of Topliss-reactive ketones (excluding diaryl/α,β-unsaturated/α-hetero) is 1. The molecule has 4 aliphatic heterocycles.